The van der Waals surface area contributed by atoms with Gasteiger partial charge in [-0.25, -0.2) is 0 Å². The number of amides is 1. The lowest BCUT2D eigenvalue weighted by molar-refractivity contribution is -0.661. The summed E-state index contributed by atoms with van der Waals surface area (Å²) in [4.78, 5) is 17.0. The van der Waals surface area contributed by atoms with Crippen molar-refractivity contribution in [2.24, 2.45) is 0 Å². The smallest absolute Gasteiger partial charge is 0.286 e. The van der Waals surface area contributed by atoms with E-state index in [-0.39, 0.29) is 5.91 Å². The van der Waals surface area contributed by atoms with Crippen molar-refractivity contribution >= 4 is 29.0 Å². The number of nitrogens with zero attached hydrogens (tertiary/aromatic N) is 1. The molecule has 2 heterocycles. The third kappa shape index (κ3) is 2.84. The number of benzene rings is 2. The first kappa shape index (κ1) is 15.1. The molecule has 1 amide bonds. The molecule has 1 aromatic heterocycles. The molecule has 0 saturated heterocycles. The summed E-state index contributed by atoms with van der Waals surface area (Å²) in [5.74, 6) is 0.944. The highest BCUT2D eigenvalue weighted by Crippen LogP contribution is 2.47. The lowest BCUT2D eigenvalue weighted by Gasteiger charge is -2.30. The molecule has 0 fully saturated rings. The average molecular weight is 337 g/mol. The van der Waals surface area contributed by atoms with Gasteiger partial charge < -0.3 is 9.73 Å². The van der Waals surface area contributed by atoms with Gasteiger partial charge >= 0.3 is 0 Å². The largest absolute Gasteiger partial charge is 0.463 e. The summed E-state index contributed by atoms with van der Waals surface area (Å²) in [6.45, 7) is 1.03. The molecule has 5 heteroatoms. The van der Waals surface area contributed by atoms with E-state index in [1.54, 1.807) is 18.0 Å². The Labute approximate surface area is 144 Å². The van der Waals surface area contributed by atoms with Gasteiger partial charge in [0.2, 0.25) is 0 Å². The number of hydrogen-bond acceptors (Lipinski definition) is 3. The van der Waals surface area contributed by atoms with Gasteiger partial charge in [0.15, 0.2) is 12.3 Å². The average Bonchev–Trinajstić information content (AvgIpc) is 3.13. The molecule has 1 aliphatic heterocycles. The van der Waals surface area contributed by atoms with Crippen LogP contribution < -0.4 is 10.2 Å². The molecule has 4 rings (SSSR count). The van der Waals surface area contributed by atoms with Crippen LogP contribution >= 0.6 is 11.8 Å². The van der Waals surface area contributed by atoms with Crippen LogP contribution in [-0.2, 0) is 11.3 Å². The molecule has 0 radical (unpaired) electrons. The topological polar surface area (TPSA) is 50.1 Å². The fourth-order valence-corrected chi connectivity index (χ4v) is 3.89. The minimum Gasteiger partial charge on any atom is -0.463 e. The normalized spacial score (nSPS) is 12.6. The summed E-state index contributed by atoms with van der Waals surface area (Å²) >= 11 is 1.71. The Balaban J connectivity index is 1.58. The van der Waals surface area contributed by atoms with Gasteiger partial charge in [0.05, 0.1) is 17.6 Å². The second-order valence-electron chi connectivity index (χ2n) is 5.54. The number of quaternary nitrogens is 1. The summed E-state index contributed by atoms with van der Waals surface area (Å²) in [5, 5.41) is 1.97. The van der Waals surface area contributed by atoms with Gasteiger partial charge in [-0.1, -0.05) is 36.0 Å². The maximum absolute atomic E-state index is 12.9. The van der Waals surface area contributed by atoms with Crippen LogP contribution in [0.1, 0.15) is 5.76 Å². The zero-order valence-corrected chi connectivity index (χ0v) is 13.8. The second kappa shape index (κ2) is 6.55. The minimum atomic E-state index is 0.0711. The van der Waals surface area contributed by atoms with E-state index in [0.717, 1.165) is 26.9 Å². The number of para-hydroxylation sites is 2. The predicted octanol–water partition coefficient (Wildman–Crippen LogP) is 3.17. The van der Waals surface area contributed by atoms with Gasteiger partial charge in [0.1, 0.15) is 6.54 Å². The number of carbonyl (C=O) groups excluding carboxylic acids is 1. The monoisotopic (exact) mass is 337 g/mol. The third-order valence-electron chi connectivity index (χ3n) is 3.93. The van der Waals surface area contributed by atoms with Gasteiger partial charge in [0.25, 0.3) is 5.91 Å². The first-order valence-electron chi connectivity index (χ1n) is 7.86. The fourth-order valence-electron chi connectivity index (χ4n) is 2.83. The molecule has 4 nitrogen and oxygen atoms in total. The Bertz CT molecular complexity index is 816. The summed E-state index contributed by atoms with van der Waals surface area (Å²) in [6, 6.07) is 19.9. The maximum atomic E-state index is 12.9. The van der Waals surface area contributed by atoms with Crippen molar-refractivity contribution in [3.8, 4) is 0 Å². The number of hydrogen-bond donors (Lipinski definition) is 1. The van der Waals surface area contributed by atoms with E-state index in [0.29, 0.717) is 13.1 Å². The number of anilines is 2. The predicted molar refractivity (Wildman–Crippen MR) is 93.4 cm³/mol. The van der Waals surface area contributed by atoms with Gasteiger partial charge in [0, 0.05) is 9.79 Å². The Morgan fingerprint density at radius 3 is 2.25 bits per heavy atom. The van der Waals surface area contributed by atoms with Crippen LogP contribution in [-0.4, -0.2) is 12.5 Å². The minimum absolute atomic E-state index is 0.0711. The number of carbonyl (C=O) groups is 1. The van der Waals surface area contributed by atoms with E-state index >= 15 is 0 Å². The van der Waals surface area contributed by atoms with E-state index in [4.69, 9.17) is 4.42 Å². The molecule has 0 saturated carbocycles. The van der Waals surface area contributed by atoms with Gasteiger partial charge in [-0.15, -0.1) is 0 Å². The molecule has 0 unspecified atom stereocenters. The zero-order valence-electron chi connectivity index (χ0n) is 13.0. The van der Waals surface area contributed by atoms with Crippen LogP contribution in [0.3, 0.4) is 0 Å². The van der Waals surface area contributed by atoms with E-state index < -0.39 is 0 Å². The Morgan fingerprint density at radius 2 is 1.62 bits per heavy atom. The molecule has 0 aliphatic carbocycles. The summed E-state index contributed by atoms with van der Waals surface area (Å²) in [5.41, 5.74) is 1.91. The molecular weight excluding hydrogens is 320 g/mol. The molecular formula is C19H17N2O2S+. The quantitative estimate of drug-likeness (QED) is 0.795. The van der Waals surface area contributed by atoms with E-state index in [1.807, 2.05) is 58.7 Å². The van der Waals surface area contributed by atoms with Crippen molar-refractivity contribution in [2.75, 3.05) is 11.4 Å². The highest BCUT2D eigenvalue weighted by Gasteiger charge is 2.28. The van der Waals surface area contributed by atoms with Crippen LogP contribution in [0.25, 0.3) is 0 Å². The molecule has 2 N–H and O–H groups in total. The van der Waals surface area contributed by atoms with Crippen LogP contribution in [0, 0.1) is 0 Å². The number of rotatable bonds is 4. The zero-order chi connectivity index (χ0) is 16.4. The van der Waals surface area contributed by atoms with E-state index in [9.17, 15) is 4.79 Å². The van der Waals surface area contributed by atoms with Crippen molar-refractivity contribution in [2.45, 2.75) is 16.3 Å². The highest BCUT2D eigenvalue weighted by molar-refractivity contribution is 7.99. The molecule has 2 aromatic carbocycles. The molecule has 0 bridgehead atoms. The van der Waals surface area contributed by atoms with Crippen molar-refractivity contribution in [3.63, 3.8) is 0 Å². The van der Waals surface area contributed by atoms with Crippen LogP contribution in [0.5, 0.6) is 0 Å². The Kier molecular flexibility index (Phi) is 4.11. The summed E-state index contributed by atoms with van der Waals surface area (Å²) in [6.07, 6.45) is 1.65. The second-order valence-corrected chi connectivity index (χ2v) is 6.63. The maximum Gasteiger partial charge on any atom is 0.286 e. The Hall–Kier alpha value is -2.50. The van der Waals surface area contributed by atoms with Crippen molar-refractivity contribution < 1.29 is 14.5 Å². The van der Waals surface area contributed by atoms with Gasteiger partial charge in [-0.3, -0.25) is 9.69 Å². The first-order valence-corrected chi connectivity index (χ1v) is 8.67. The molecule has 0 atom stereocenters. The van der Waals surface area contributed by atoms with Crippen LogP contribution in [0.2, 0.25) is 0 Å². The SMILES string of the molecule is O=C(C[NH2+]Cc1ccco1)N1c2ccccc2Sc2ccccc21. The molecule has 0 spiro atoms. The Morgan fingerprint density at radius 1 is 0.958 bits per heavy atom. The van der Waals surface area contributed by atoms with Crippen molar-refractivity contribution in [1.82, 2.24) is 0 Å². The van der Waals surface area contributed by atoms with Crippen molar-refractivity contribution in [1.29, 1.82) is 0 Å². The fraction of sp³-hybridized carbons (Fsp3) is 0.105. The van der Waals surface area contributed by atoms with Gasteiger partial charge in [-0.2, -0.15) is 0 Å². The molecule has 120 valence electrons. The summed E-state index contributed by atoms with van der Waals surface area (Å²) in [7, 11) is 0. The summed E-state index contributed by atoms with van der Waals surface area (Å²) < 4.78 is 5.31. The standard InChI is InChI=1S/C19H16N2O2S/c22-19(13-20-12-14-6-5-11-23-14)21-15-7-1-3-9-17(15)24-18-10-4-2-8-16(18)21/h1-11,20H,12-13H2/p+1. The van der Waals surface area contributed by atoms with Gasteiger partial charge in [-0.05, 0) is 36.4 Å². The number of furan rings is 1. The lowest BCUT2D eigenvalue weighted by Crippen LogP contribution is -2.85. The molecule has 1 aliphatic rings. The highest BCUT2D eigenvalue weighted by atomic mass is 32.2. The van der Waals surface area contributed by atoms with E-state index in [2.05, 4.69) is 12.1 Å². The number of fused-ring (bicyclic) bond motifs is 2. The third-order valence-corrected chi connectivity index (χ3v) is 5.06. The lowest BCUT2D eigenvalue weighted by atomic mass is 10.2. The first-order chi connectivity index (χ1) is 11.8. The molecule has 24 heavy (non-hydrogen) atoms. The van der Waals surface area contributed by atoms with Crippen LogP contribution in [0.15, 0.2) is 81.1 Å². The number of nitrogens with two attached hydrogens (primary N) is 1. The van der Waals surface area contributed by atoms with Crippen molar-refractivity contribution in [3.05, 3.63) is 72.7 Å². The molecule has 3 aromatic rings. The van der Waals surface area contributed by atoms with E-state index in [1.165, 1.54) is 0 Å². The van der Waals surface area contributed by atoms with Crippen LogP contribution in [0.4, 0.5) is 11.4 Å².